The van der Waals surface area contributed by atoms with E-state index in [0.717, 1.165) is 46.4 Å². The van der Waals surface area contributed by atoms with Crippen molar-refractivity contribution in [3.05, 3.63) is 202 Å². The molecule has 2 saturated carbocycles. The number of aliphatic hydroxyl groups is 1. The molecule has 6 aromatic rings. The molecule has 246 valence electrons. The summed E-state index contributed by atoms with van der Waals surface area (Å²) >= 11 is 0. The van der Waals surface area contributed by atoms with Crippen LogP contribution >= 0.6 is 0 Å². The second kappa shape index (κ2) is 15.9. The lowest BCUT2D eigenvalue weighted by atomic mass is 9.98. The molecule has 8 rings (SSSR count). The van der Waals surface area contributed by atoms with Crippen LogP contribution in [0.5, 0.6) is 11.5 Å². The van der Waals surface area contributed by atoms with Gasteiger partial charge in [-0.15, -0.1) is 0 Å². The molecule has 0 bridgehead atoms. The maximum atomic E-state index is 10.8. The highest BCUT2D eigenvalue weighted by Crippen LogP contribution is 2.41. The lowest BCUT2D eigenvalue weighted by Crippen LogP contribution is -2.04. The van der Waals surface area contributed by atoms with Crippen molar-refractivity contribution in [3.8, 4) is 11.5 Å². The van der Waals surface area contributed by atoms with E-state index in [0.29, 0.717) is 13.2 Å². The molecule has 2 aliphatic rings. The maximum Gasteiger partial charge on any atom is 0.125 e. The van der Waals surface area contributed by atoms with E-state index in [1.807, 2.05) is 91.0 Å². The summed E-state index contributed by atoms with van der Waals surface area (Å²) in [5.41, 5.74) is 9.47. The molecule has 0 saturated heterocycles. The minimum absolute atomic E-state index is 0.491. The first kappa shape index (κ1) is 32.4. The third-order valence-electron chi connectivity index (χ3n) is 9.38. The van der Waals surface area contributed by atoms with Crippen molar-refractivity contribution < 1.29 is 14.6 Å². The Balaban J connectivity index is 0.000000154. The van der Waals surface area contributed by atoms with Gasteiger partial charge < -0.3 is 14.6 Å². The smallest absolute Gasteiger partial charge is 0.125 e. The molecule has 3 nitrogen and oxygen atoms in total. The van der Waals surface area contributed by atoms with Gasteiger partial charge in [-0.1, -0.05) is 146 Å². The quantitative estimate of drug-likeness (QED) is 0.144. The van der Waals surface area contributed by atoms with Crippen molar-refractivity contribution in [2.45, 2.75) is 63.3 Å². The topological polar surface area (TPSA) is 38.7 Å². The summed E-state index contributed by atoms with van der Waals surface area (Å²) in [7, 11) is 0. The summed E-state index contributed by atoms with van der Waals surface area (Å²) in [6, 6.07) is 53.9. The van der Waals surface area contributed by atoms with Gasteiger partial charge in [0.1, 0.15) is 30.8 Å². The van der Waals surface area contributed by atoms with Gasteiger partial charge in [0.15, 0.2) is 0 Å². The first-order valence-electron chi connectivity index (χ1n) is 17.6. The summed E-state index contributed by atoms with van der Waals surface area (Å²) in [6.07, 6.45) is 5.53. The van der Waals surface area contributed by atoms with Crippen molar-refractivity contribution >= 4 is 0 Å². The van der Waals surface area contributed by atoms with E-state index in [-0.39, 0.29) is 0 Å². The Hall–Kier alpha value is -5.12. The van der Waals surface area contributed by atoms with E-state index in [4.69, 9.17) is 9.47 Å². The monoisotopic (exact) mass is 644 g/mol. The van der Waals surface area contributed by atoms with Crippen molar-refractivity contribution in [1.29, 1.82) is 0 Å². The van der Waals surface area contributed by atoms with Gasteiger partial charge >= 0.3 is 0 Å². The summed E-state index contributed by atoms with van der Waals surface area (Å²) in [5, 5.41) is 10.8. The normalized spacial score (nSPS) is 14.3. The minimum atomic E-state index is -0.680. The second-order valence-corrected chi connectivity index (χ2v) is 13.2. The summed E-state index contributed by atoms with van der Waals surface area (Å²) in [5.74, 6) is 3.26. The SMILES string of the molecule is OC(c1ccc(C2CC2)cc1)c1ccccc1OCc1ccccc1.c1ccc(COc2ccccc2Cc2ccc(C3CC3)cc2)cc1. The van der Waals surface area contributed by atoms with Crippen molar-refractivity contribution in [1.82, 2.24) is 0 Å². The molecule has 1 atom stereocenters. The van der Waals surface area contributed by atoms with Crippen LogP contribution in [-0.4, -0.2) is 5.11 Å². The number of ether oxygens (including phenoxy) is 2. The summed E-state index contributed by atoms with van der Waals surface area (Å²) in [6.45, 7) is 1.10. The van der Waals surface area contributed by atoms with Crippen LogP contribution in [0.15, 0.2) is 158 Å². The predicted octanol–water partition coefficient (Wildman–Crippen LogP) is 11.0. The molecule has 0 heterocycles. The summed E-state index contributed by atoms with van der Waals surface area (Å²) < 4.78 is 12.0. The second-order valence-electron chi connectivity index (χ2n) is 13.2. The molecule has 0 amide bonds. The van der Waals surface area contributed by atoms with Crippen molar-refractivity contribution in [3.63, 3.8) is 0 Å². The zero-order chi connectivity index (χ0) is 33.3. The maximum absolute atomic E-state index is 10.8. The number of para-hydroxylation sites is 2. The molecule has 1 N–H and O–H groups in total. The van der Waals surface area contributed by atoms with Gasteiger partial charge in [-0.25, -0.2) is 0 Å². The van der Waals surface area contributed by atoms with E-state index >= 15 is 0 Å². The van der Waals surface area contributed by atoms with Gasteiger partial charge in [-0.05, 0) is 88.6 Å². The molecule has 0 radical (unpaired) electrons. The Labute approximate surface area is 290 Å². The molecule has 6 aromatic carbocycles. The molecular formula is C46H44O3. The molecular weight excluding hydrogens is 601 g/mol. The fourth-order valence-corrected chi connectivity index (χ4v) is 6.19. The van der Waals surface area contributed by atoms with E-state index in [2.05, 4.69) is 66.7 Å². The van der Waals surface area contributed by atoms with Gasteiger partial charge in [0.2, 0.25) is 0 Å². The first-order chi connectivity index (χ1) is 24.2. The highest BCUT2D eigenvalue weighted by Gasteiger charge is 2.24. The standard InChI is InChI=1S/C23H22O2.C23H22O/c24-23(20-14-12-19(13-15-20)18-10-11-18)21-8-4-5-9-22(21)25-16-17-6-2-1-3-7-17;1-2-6-19(7-3-1)17-24-23-9-5-4-8-22(23)16-18-10-12-20(13-11-18)21-14-15-21/h1-9,12-15,18,23-24H,10-11,16H2;1-13,21H,14-17H2. The Morgan fingerprint density at radius 3 is 1.51 bits per heavy atom. The largest absolute Gasteiger partial charge is 0.489 e. The van der Waals surface area contributed by atoms with Crippen LogP contribution < -0.4 is 9.47 Å². The minimum Gasteiger partial charge on any atom is -0.489 e. The van der Waals surface area contributed by atoms with E-state index in [1.165, 1.54) is 53.5 Å². The number of hydrogen-bond donors (Lipinski definition) is 1. The highest BCUT2D eigenvalue weighted by molar-refractivity contribution is 5.42. The van der Waals surface area contributed by atoms with Gasteiger partial charge in [0.25, 0.3) is 0 Å². The Kier molecular flexibility index (Phi) is 10.5. The van der Waals surface area contributed by atoms with Crippen LogP contribution in [0.25, 0.3) is 0 Å². The molecule has 0 aromatic heterocycles. The average molecular weight is 645 g/mol. The number of aliphatic hydroxyl groups excluding tert-OH is 1. The molecule has 0 spiro atoms. The Bertz CT molecular complexity index is 1890. The van der Waals surface area contributed by atoms with E-state index in [9.17, 15) is 5.11 Å². The van der Waals surface area contributed by atoms with E-state index < -0.39 is 6.10 Å². The van der Waals surface area contributed by atoms with Crippen LogP contribution in [0.3, 0.4) is 0 Å². The summed E-state index contributed by atoms with van der Waals surface area (Å²) in [4.78, 5) is 0. The predicted molar refractivity (Wildman–Crippen MR) is 198 cm³/mol. The zero-order valence-corrected chi connectivity index (χ0v) is 28.0. The molecule has 49 heavy (non-hydrogen) atoms. The lowest BCUT2D eigenvalue weighted by Gasteiger charge is -2.17. The van der Waals surface area contributed by atoms with Gasteiger partial charge in [-0.2, -0.15) is 0 Å². The molecule has 2 fully saturated rings. The van der Waals surface area contributed by atoms with Crippen molar-refractivity contribution in [2.24, 2.45) is 0 Å². The Morgan fingerprint density at radius 1 is 0.469 bits per heavy atom. The van der Waals surface area contributed by atoms with E-state index in [1.54, 1.807) is 0 Å². The van der Waals surface area contributed by atoms with Crippen LogP contribution in [0.1, 0.15) is 88.1 Å². The third-order valence-corrected chi connectivity index (χ3v) is 9.38. The lowest BCUT2D eigenvalue weighted by molar-refractivity contribution is 0.209. The fraction of sp³-hybridized carbons (Fsp3) is 0.217. The van der Waals surface area contributed by atoms with Crippen LogP contribution in [0.4, 0.5) is 0 Å². The zero-order valence-electron chi connectivity index (χ0n) is 28.0. The fourth-order valence-electron chi connectivity index (χ4n) is 6.19. The number of benzene rings is 6. The first-order valence-corrected chi connectivity index (χ1v) is 17.6. The van der Waals surface area contributed by atoms with Gasteiger partial charge in [0.05, 0.1) is 0 Å². The molecule has 0 aliphatic heterocycles. The van der Waals surface area contributed by atoms with Crippen LogP contribution in [0.2, 0.25) is 0 Å². The van der Waals surface area contributed by atoms with Crippen molar-refractivity contribution in [2.75, 3.05) is 0 Å². The number of hydrogen-bond acceptors (Lipinski definition) is 3. The van der Waals surface area contributed by atoms with Crippen LogP contribution in [-0.2, 0) is 19.6 Å². The van der Waals surface area contributed by atoms with Crippen LogP contribution in [0, 0.1) is 0 Å². The van der Waals surface area contributed by atoms with Gasteiger partial charge in [-0.3, -0.25) is 0 Å². The Morgan fingerprint density at radius 2 is 0.939 bits per heavy atom. The average Bonchev–Trinajstić information content (AvgIpc) is 4.10. The third kappa shape index (κ3) is 9.07. The highest BCUT2D eigenvalue weighted by atomic mass is 16.5. The number of rotatable bonds is 12. The van der Waals surface area contributed by atoms with Gasteiger partial charge in [0, 0.05) is 12.0 Å². The molecule has 1 unspecified atom stereocenters. The molecule has 3 heteroatoms. The molecule has 2 aliphatic carbocycles.